The Hall–Kier alpha value is -1.57. The van der Waals surface area contributed by atoms with Gasteiger partial charge in [-0.3, -0.25) is 9.67 Å². The van der Waals surface area contributed by atoms with Crippen molar-refractivity contribution in [2.24, 2.45) is 12.0 Å². The average Bonchev–Trinajstić information content (AvgIpc) is 2.81. The van der Waals surface area contributed by atoms with E-state index in [0.29, 0.717) is 0 Å². The van der Waals surface area contributed by atoms with Gasteiger partial charge in [0.15, 0.2) is 5.96 Å². The van der Waals surface area contributed by atoms with Crippen LogP contribution in [-0.2, 0) is 19.9 Å². The smallest absolute Gasteiger partial charge is 0.191 e. The van der Waals surface area contributed by atoms with Gasteiger partial charge in [-0.2, -0.15) is 5.10 Å². The Morgan fingerprint density at radius 1 is 1.26 bits per heavy atom. The molecule has 1 unspecified atom stereocenters. The minimum Gasteiger partial charge on any atom is -0.357 e. The number of guanidine groups is 1. The zero-order chi connectivity index (χ0) is 19.1. The van der Waals surface area contributed by atoms with Gasteiger partial charge in [0.05, 0.1) is 5.69 Å². The van der Waals surface area contributed by atoms with Crippen LogP contribution in [0.4, 0.5) is 0 Å². The molecule has 1 heterocycles. The summed E-state index contributed by atoms with van der Waals surface area (Å²) in [4.78, 5) is 4.74. The van der Waals surface area contributed by atoms with Crippen LogP contribution in [0.25, 0.3) is 0 Å². The summed E-state index contributed by atoms with van der Waals surface area (Å²) in [6, 6.07) is 8.92. The summed E-state index contributed by atoms with van der Waals surface area (Å²) >= 11 is 0. The van der Waals surface area contributed by atoms with E-state index in [1.165, 1.54) is 22.4 Å². The molecule has 27 heavy (non-hydrogen) atoms. The molecule has 2 N–H and O–H groups in total. The van der Waals surface area contributed by atoms with Crippen molar-refractivity contribution in [3.8, 4) is 0 Å². The highest BCUT2D eigenvalue weighted by Gasteiger charge is 2.13. The van der Waals surface area contributed by atoms with Crippen LogP contribution in [0.1, 0.15) is 41.9 Å². The maximum atomic E-state index is 4.74. The molecule has 150 valence electrons. The molecule has 0 spiro atoms. The molecular formula is C21H34IN5. The van der Waals surface area contributed by atoms with Gasteiger partial charge in [0.25, 0.3) is 0 Å². The molecular weight excluding hydrogens is 449 g/mol. The number of aryl methyl sites for hydroxylation is 3. The first-order valence-corrected chi connectivity index (χ1v) is 9.50. The lowest BCUT2D eigenvalue weighted by atomic mass is 10.1. The molecule has 1 aromatic heterocycles. The molecule has 0 aliphatic heterocycles. The van der Waals surface area contributed by atoms with Crippen molar-refractivity contribution in [1.82, 2.24) is 20.4 Å². The summed E-state index contributed by atoms with van der Waals surface area (Å²) < 4.78 is 1.96. The molecule has 0 bridgehead atoms. The Kier molecular flexibility index (Phi) is 9.83. The molecule has 0 saturated heterocycles. The van der Waals surface area contributed by atoms with Crippen LogP contribution >= 0.6 is 24.0 Å². The number of hydrogen-bond donors (Lipinski definition) is 2. The van der Waals surface area contributed by atoms with Crippen LogP contribution in [0.2, 0.25) is 0 Å². The standard InChI is InChI=1S/C21H33N5.HI/c1-7-22-21(23-12-11-19-10-8-9-15(2)13-19)24-16(3)14-20-17(4)25-26(6)18(20)5;/h8-10,13,16H,7,11-12,14H2,1-6H3,(H2,22,23,24);1H. The SMILES string of the molecule is CCNC(=NCCc1cccc(C)c1)NC(C)Cc1c(C)nn(C)c1C.I. The second-order valence-electron chi connectivity index (χ2n) is 7.02. The maximum Gasteiger partial charge on any atom is 0.191 e. The quantitative estimate of drug-likeness (QED) is 0.359. The molecule has 0 aliphatic carbocycles. The third-order valence-electron chi connectivity index (χ3n) is 4.65. The number of nitrogens with one attached hydrogen (secondary N) is 2. The molecule has 0 fully saturated rings. The molecule has 2 aromatic rings. The summed E-state index contributed by atoms with van der Waals surface area (Å²) in [5.74, 6) is 0.881. The van der Waals surface area contributed by atoms with E-state index in [1.807, 2.05) is 11.7 Å². The Morgan fingerprint density at radius 2 is 2.00 bits per heavy atom. The molecule has 6 heteroatoms. The maximum absolute atomic E-state index is 4.74. The highest BCUT2D eigenvalue weighted by molar-refractivity contribution is 14.0. The van der Waals surface area contributed by atoms with Gasteiger partial charge < -0.3 is 10.6 Å². The second kappa shape index (κ2) is 11.3. The molecule has 1 atom stereocenters. The van der Waals surface area contributed by atoms with Crippen LogP contribution < -0.4 is 10.6 Å². The highest BCUT2D eigenvalue weighted by Crippen LogP contribution is 2.14. The van der Waals surface area contributed by atoms with E-state index in [9.17, 15) is 0 Å². The van der Waals surface area contributed by atoms with E-state index in [1.54, 1.807) is 0 Å². The lowest BCUT2D eigenvalue weighted by Crippen LogP contribution is -2.43. The fourth-order valence-electron chi connectivity index (χ4n) is 3.19. The predicted molar refractivity (Wildman–Crippen MR) is 125 cm³/mol. The van der Waals surface area contributed by atoms with Gasteiger partial charge in [0.2, 0.25) is 0 Å². The zero-order valence-electron chi connectivity index (χ0n) is 17.5. The summed E-state index contributed by atoms with van der Waals surface area (Å²) in [7, 11) is 2.00. The van der Waals surface area contributed by atoms with Crippen molar-refractivity contribution in [3.05, 3.63) is 52.3 Å². The van der Waals surface area contributed by atoms with Crippen LogP contribution in [0, 0.1) is 20.8 Å². The Bertz CT molecular complexity index is 751. The molecule has 0 aliphatic rings. The summed E-state index contributed by atoms with van der Waals surface area (Å²) in [5, 5.41) is 11.4. The minimum absolute atomic E-state index is 0. The first kappa shape index (κ1) is 23.5. The molecule has 0 saturated carbocycles. The van der Waals surface area contributed by atoms with E-state index in [4.69, 9.17) is 4.99 Å². The number of hydrogen-bond acceptors (Lipinski definition) is 2. The second-order valence-corrected chi connectivity index (χ2v) is 7.02. The average molecular weight is 483 g/mol. The van der Waals surface area contributed by atoms with E-state index in [0.717, 1.165) is 37.6 Å². The molecule has 0 radical (unpaired) electrons. The van der Waals surface area contributed by atoms with Crippen molar-refractivity contribution < 1.29 is 0 Å². The van der Waals surface area contributed by atoms with Gasteiger partial charge in [0.1, 0.15) is 0 Å². The molecule has 1 aromatic carbocycles. The monoisotopic (exact) mass is 483 g/mol. The van der Waals surface area contributed by atoms with Crippen LogP contribution in [0.3, 0.4) is 0 Å². The third kappa shape index (κ3) is 7.16. The summed E-state index contributed by atoms with van der Waals surface area (Å²) in [6.07, 6.45) is 1.89. The van der Waals surface area contributed by atoms with Crippen molar-refractivity contribution in [2.75, 3.05) is 13.1 Å². The number of rotatable bonds is 7. The van der Waals surface area contributed by atoms with E-state index in [-0.39, 0.29) is 30.0 Å². The first-order valence-electron chi connectivity index (χ1n) is 9.50. The Morgan fingerprint density at radius 3 is 2.59 bits per heavy atom. The molecule has 5 nitrogen and oxygen atoms in total. The summed E-state index contributed by atoms with van der Waals surface area (Å²) in [6.45, 7) is 12.3. The van der Waals surface area contributed by atoms with Crippen molar-refractivity contribution in [3.63, 3.8) is 0 Å². The lowest BCUT2D eigenvalue weighted by molar-refractivity contribution is 0.635. The van der Waals surface area contributed by atoms with E-state index in [2.05, 4.69) is 74.6 Å². The fourth-order valence-corrected chi connectivity index (χ4v) is 3.19. The van der Waals surface area contributed by atoms with E-state index >= 15 is 0 Å². The van der Waals surface area contributed by atoms with Crippen LogP contribution in [0.5, 0.6) is 0 Å². The molecule has 2 rings (SSSR count). The van der Waals surface area contributed by atoms with Crippen molar-refractivity contribution in [2.45, 2.75) is 53.5 Å². The molecule has 0 amide bonds. The van der Waals surface area contributed by atoms with Gasteiger partial charge in [-0.1, -0.05) is 29.8 Å². The summed E-state index contributed by atoms with van der Waals surface area (Å²) in [5.41, 5.74) is 6.30. The van der Waals surface area contributed by atoms with Crippen LogP contribution in [-0.4, -0.2) is 34.9 Å². The predicted octanol–water partition coefficient (Wildman–Crippen LogP) is 3.69. The number of benzene rings is 1. The van der Waals surface area contributed by atoms with Gasteiger partial charge in [-0.05, 0) is 58.6 Å². The highest BCUT2D eigenvalue weighted by atomic mass is 127. The Balaban J connectivity index is 0.00000364. The zero-order valence-corrected chi connectivity index (χ0v) is 19.8. The van der Waals surface area contributed by atoms with Crippen LogP contribution in [0.15, 0.2) is 29.3 Å². The van der Waals surface area contributed by atoms with Gasteiger partial charge >= 0.3 is 0 Å². The normalized spacial score (nSPS) is 12.4. The topological polar surface area (TPSA) is 54.2 Å². The number of aliphatic imine (C=N–C) groups is 1. The fraction of sp³-hybridized carbons (Fsp3) is 0.524. The number of aromatic nitrogens is 2. The third-order valence-corrected chi connectivity index (χ3v) is 4.65. The van der Waals surface area contributed by atoms with Crippen molar-refractivity contribution >= 4 is 29.9 Å². The lowest BCUT2D eigenvalue weighted by Gasteiger charge is -2.18. The minimum atomic E-state index is 0. The first-order chi connectivity index (χ1) is 12.4. The van der Waals surface area contributed by atoms with Gasteiger partial charge in [-0.15, -0.1) is 24.0 Å². The van der Waals surface area contributed by atoms with Gasteiger partial charge in [0, 0.05) is 31.9 Å². The number of nitrogens with zero attached hydrogens (tertiary/aromatic N) is 3. The van der Waals surface area contributed by atoms with E-state index < -0.39 is 0 Å². The largest absolute Gasteiger partial charge is 0.357 e. The van der Waals surface area contributed by atoms with Gasteiger partial charge in [-0.25, -0.2) is 0 Å². The number of halogens is 1. The Labute approximate surface area is 181 Å². The van der Waals surface area contributed by atoms with Crippen molar-refractivity contribution in [1.29, 1.82) is 0 Å².